The molecule has 0 N–H and O–H groups in total. The maximum Gasteiger partial charge on any atom is 0.308 e. The van der Waals surface area contributed by atoms with E-state index >= 15 is 0 Å². The summed E-state index contributed by atoms with van der Waals surface area (Å²) in [7, 11) is 3.17. The van der Waals surface area contributed by atoms with Crippen LogP contribution in [0.15, 0.2) is 41.2 Å². The highest BCUT2D eigenvalue weighted by molar-refractivity contribution is 7.10. The number of thiazole rings is 1. The van der Waals surface area contributed by atoms with Gasteiger partial charge in [-0.2, -0.15) is 0 Å². The first kappa shape index (κ1) is 18.7. The Morgan fingerprint density at radius 3 is 2.67 bits per heavy atom. The quantitative estimate of drug-likeness (QED) is 0.639. The molecule has 1 unspecified atom stereocenters. The maximum absolute atomic E-state index is 13.4. The van der Waals surface area contributed by atoms with Gasteiger partial charge < -0.3 is 14.2 Å². The summed E-state index contributed by atoms with van der Waals surface area (Å²) < 4.78 is 31.3. The largest absolute Gasteiger partial charge is 0.493 e. The zero-order valence-corrected chi connectivity index (χ0v) is 17.0. The number of aromatic nitrogens is 1. The minimum Gasteiger partial charge on any atom is -0.493 e. The summed E-state index contributed by atoms with van der Waals surface area (Å²) in [5, 5.41) is 0. The lowest BCUT2D eigenvalue weighted by atomic mass is 9.90. The van der Waals surface area contributed by atoms with E-state index in [1.807, 2.05) is 12.1 Å². The standard InChI is InChI=1S/C21H17FN2O5S/c1-23-20-19(30-21(23)26)14(9-17(25)24(20)13-5-3-12(22)4-6-13)11-7-15(27-2)18-16(8-11)28-10-29-18/h3-8,14H,9-10H2,1-2H3. The molecule has 0 fully saturated rings. The van der Waals surface area contributed by atoms with E-state index in [0.29, 0.717) is 28.8 Å². The molecule has 154 valence electrons. The SMILES string of the molecule is COc1cc(C2CC(=O)N(c3ccc(F)cc3)c3c2sc(=O)n3C)cc2c1OCO2. The van der Waals surface area contributed by atoms with Crippen LogP contribution in [0.3, 0.4) is 0 Å². The number of amides is 1. The van der Waals surface area contributed by atoms with Crippen molar-refractivity contribution in [2.24, 2.45) is 7.05 Å². The zero-order chi connectivity index (χ0) is 21.0. The van der Waals surface area contributed by atoms with Crippen LogP contribution >= 0.6 is 11.3 Å². The lowest BCUT2D eigenvalue weighted by Crippen LogP contribution is -2.34. The third-order valence-corrected chi connectivity index (χ3v) is 6.47. The fraction of sp³-hybridized carbons (Fsp3) is 0.238. The normalized spacial score (nSPS) is 17.2. The first-order chi connectivity index (χ1) is 14.5. The number of nitrogens with zero attached hydrogens (tertiary/aromatic N) is 2. The van der Waals surface area contributed by atoms with E-state index in [0.717, 1.165) is 21.8 Å². The molecule has 2 aromatic carbocycles. The molecule has 1 aromatic heterocycles. The van der Waals surface area contributed by atoms with Gasteiger partial charge >= 0.3 is 4.87 Å². The molecular formula is C21H17FN2O5S. The number of hydrogen-bond acceptors (Lipinski definition) is 6. The third-order valence-electron chi connectivity index (χ3n) is 5.33. The van der Waals surface area contributed by atoms with Crippen molar-refractivity contribution in [1.29, 1.82) is 0 Å². The topological polar surface area (TPSA) is 70.0 Å². The minimum absolute atomic E-state index is 0.0982. The molecule has 1 amide bonds. The summed E-state index contributed by atoms with van der Waals surface area (Å²) in [5.41, 5.74) is 1.31. The lowest BCUT2D eigenvalue weighted by Gasteiger charge is -2.32. The van der Waals surface area contributed by atoms with Gasteiger partial charge in [-0.15, -0.1) is 0 Å². The monoisotopic (exact) mass is 428 g/mol. The van der Waals surface area contributed by atoms with Gasteiger partial charge in [0.05, 0.1) is 17.7 Å². The summed E-state index contributed by atoms with van der Waals surface area (Å²) in [6.07, 6.45) is 0.146. The van der Waals surface area contributed by atoms with Crippen molar-refractivity contribution in [3.05, 3.63) is 62.3 Å². The van der Waals surface area contributed by atoms with E-state index in [1.165, 1.54) is 40.8 Å². The number of halogens is 1. The van der Waals surface area contributed by atoms with Crippen molar-refractivity contribution in [2.45, 2.75) is 12.3 Å². The molecule has 1 atom stereocenters. The average Bonchev–Trinajstić information content (AvgIpc) is 3.33. The predicted molar refractivity (Wildman–Crippen MR) is 109 cm³/mol. The second-order valence-electron chi connectivity index (χ2n) is 7.03. The van der Waals surface area contributed by atoms with Crippen LogP contribution in [0.2, 0.25) is 0 Å². The third kappa shape index (κ3) is 2.77. The van der Waals surface area contributed by atoms with Crippen molar-refractivity contribution < 1.29 is 23.4 Å². The number of carbonyl (C=O) groups excluding carboxylic acids is 1. The number of hydrogen-bond donors (Lipinski definition) is 0. The average molecular weight is 428 g/mol. The number of methoxy groups -OCH3 is 1. The van der Waals surface area contributed by atoms with Gasteiger partial charge in [-0.3, -0.25) is 19.1 Å². The highest BCUT2D eigenvalue weighted by atomic mass is 32.1. The second kappa shape index (κ2) is 6.88. The molecule has 0 radical (unpaired) electrons. The first-order valence-corrected chi connectivity index (χ1v) is 10.1. The van der Waals surface area contributed by atoms with Gasteiger partial charge in [-0.1, -0.05) is 11.3 Å². The van der Waals surface area contributed by atoms with E-state index in [4.69, 9.17) is 14.2 Å². The Bertz CT molecular complexity index is 1220. The molecule has 0 saturated carbocycles. The molecular weight excluding hydrogens is 411 g/mol. The second-order valence-corrected chi connectivity index (χ2v) is 8.03. The Hall–Kier alpha value is -3.33. The van der Waals surface area contributed by atoms with Gasteiger partial charge in [-0.25, -0.2) is 4.39 Å². The number of fused-ring (bicyclic) bond motifs is 2. The highest BCUT2D eigenvalue weighted by Crippen LogP contribution is 2.49. The molecule has 5 rings (SSSR count). The lowest BCUT2D eigenvalue weighted by molar-refractivity contribution is -0.118. The van der Waals surface area contributed by atoms with Gasteiger partial charge in [0.1, 0.15) is 11.6 Å². The Labute approximate surface area is 174 Å². The van der Waals surface area contributed by atoms with Gasteiger partial charge in [-0.05, 0) is 42.0 Å². The molecule has 30 heavy (non-hydrogen) atoms. The molecule has 0 aliphatic carbocycles. The van der Waals surface area contributed by atoms with Crippen LogP contribution in [0.1, 0.15) is 22.8 Å². The van der Waals surface area contributed by atoms with Gasteiger partial charge in [0, 0.05) is 19.4 Å². The Kier molecular flexibility index (Phi) is 4.28. The fourth-order valence-corrected chi connectivity index (χ4v) is 4.99. The van der Waals surface area contributed by atoms with Crippen LogP contribution in [0.25, 0.3) is 0 Å². The summed E-state index contributed by atoms with van der Waals surface area (Å²) in [6, 6.07) is 9.28. The highest BCUT2D eigenvalue weighted by Gasteiger charge is 2.38. The van der Waals surface area contributed by atoms with Crippen molar-refractivity contribution in [1.82, 2.24) is 4.57 Å². The molecule has 2 aliphatic rings. The van der Waals surface area contributed by atoms with Crippen LogP contribution in [-0.4, -0.2) is 24.4 Å². The molecule has 2 aliphatic heterocycles. The van der Waals surface area contributed by atoms with Crippen molar-refractivity contribution >= 4 is 28.7 Å². The Balaban J connectivity index is 1.67. The van der Waals surface area contributed by atoms with Crippen LogP contribution in [-0.2, 0) is 11.8 Å². The number of anilines is 2. The van der Waals surface area contributed by atoms with Crippen LogP contribution < -0.4 is 24.0 Å². The molecule has 0 saturated heterocycles. The van der Waals surface area contributed by atoms with E-state index in [9.17, 15) is 14.0 Å². The smallest absolute Gasteiger partial charge is 0.308 e. The molecule has 3 heterocycles. The van der Waals surface area contributed by atoms with Gasteiger partial charge in [0.2, 0.25) is 18.4 Å². The number of rotatable bonds is 3. The number of benzene rings is 2. The van der Waals surface area contributed by atoms with Crippen LogP contribution in [0, 0.1) is 5.82 Å². The van der Waals surface area contributed by atoms with E-state index in [2.05, 4.69) is 0 Å². The number of carbonyl (C=O) groups is 1. The predicted octanol–water partition coefficient (Wildman–Crippen LogP) is 3.52. The first-order valence-electron chi connectivity index (χ1n) is 9.23. The fourth-order valence-electron chi connectivity index (χ4n) is 3.90. The van der Waals surface area contributed by atoms with Gasteiger partial charge in [0.25, 0.3) is 0 Å². The Morgan fingerprint density at radius 1 is 1.17 bits per heavy atom. The molecule has 0 bridgehead atoms. The van der Waals surface area contributed by atoms with Crippen LogP contribution in [0.5, 0.6) is 17.2 Å². The molecule has 9 heteroatoms. The van der Waals surface area contributed by atoms with Crippen LogP contribution in [0.4, 0.5) is 15.9 Å². The maximum atomic E-state index is 13.4. The zero-order valence-electron chi connectivity index (χ0n) is 16.2. The summed E-state index contributed by atoms with van der Waals surface area (Å²) in [4.78, 5) is 27.8. The van der Waals surface area contributed by atoms with Crippen molar-refractivity contribution in [2.75, 3.05) is 18.8 Å². The van der Waals surface area contributed by atoms with E-state index in [1.54, 1.807) is 7.05 Å². The summed E-state index contributed by atoms with van der Waals surface area (Å²) in [6.45, 7) is 0.0982. The summed E-state index contributed by atoms with van der Waals surface area (Å²) in [5.74, 6) is 1.15. The molecule has 3 aromatic rings. The van der Waals surface area contributed by atoms with Crippen molar-refractivity contribution in [3.63, 3.8) is 0 Å². The summed E-state index contributed by atoms with van der Waals surface area (Å²) >= 11 is 1.10. The van der Waals surface area contributed by atoms with E-state index in [-0.39, 0.29) is 29.9 Å². The number of ether oxygens (including phenoxy) is 3. The van der Waals surface area contributed by atoms with E-state index < -0.39 is 5.82 Å². The molecule has 7 nitrogen and oxygen atoms in total. The molecule has 0 spiro atoms. The Morgan fingerprint density at radius 2 is 1.93 bits per heavy atom. The minimum atomic E-state index is -0.395. The van der Waals surface area contributed by atoms with Gasteiger partial charge in [0.15, 0.2) is 11.5 Å². The van der Waals surface area contributed by atoms with Crippen molar-refractivity contribution in [3.8, 4) is 17.2 Å².